The Bertz CT molecular complexity index is 1710. The zero-order valence-electron chi connectivity index (χ0n) is 38.4. The van der Waals surface area contributed by atoms with Crippen molar-refractivity contribution in [2.24, 2.45) is 0 Å². The number of hydrogen-bond donors (Lipinski definition) is 3. The lowest BCUT2D eigenvalue weighted by molar-refractivity contribution is 0.274. The van der Waals surface area contributed by atoms with E-state index in [-0.39, 0.29) is 52.3 Å². The van der Waals surface area contributed by atoms with Gasteiger partial charge in [-0.3, -0.25) is 0 Å². The Morgan fingerprint density at radius 1 is 0.298 bits per heavy atom. The summed E-state index contributed by atoms with van der Waals surface area (Å²) in [7, 11) is 0. The van der Waals surface area contributed by atoms with E-state index >= 15 is 0 Å². The van der Waals surface area contributed by atoms with Crippen LogP contribution in [0, 0.1) is 0 Å². The van der Waals surface area contributed by atoms with E-state index in [0.29, 0.717) is 34.5 Å². The van der Waals surface area contributed by atoms with Crippen LogP contribution >= 0.6 is 0 Å². The fourth-order valence-corrected chi connectivity index (χ4v) is 7.06. The van der Waals surface area contributed by atoms with E-state index in [4.69, 9.17) is 14.2 Å². The first-order chi connectivity index (χ1) is 25.8. The molecule has 0 spiro atoms. The SMILES string of the molecule is CC(C)(C)c1cc(COc2cc(OCc3cc(C(C)(C)C)c(O)c(C(C)(C)C)c3)cc(OCc3cc(C(C)(C)C)c(O)c(C(C)(C)C)c3)c2)cc(C(C)(C)C)c1O. The van der Waals surface area contributed by atoms with E-state index < -0.39 is 0 Å². The normalized spacial score (nSPS) is 13.2. The molecule has 0 heterocycles. The van der Waals surface area contributed by atoms with Crippen molar-refractivity contribution in [3.63, 3.8) is 0 Å². The van der Waals surface area contributed by atoms with Gasteiger partial charge in [0, 0.05) is 18.2 Å². The van der Waals surface area contributed by atoms with Crippen molar-refractivity contribution in [3.8, 4) is 34.5 Å². The number of benzene rings is 4. The maximum absolute atomic E-state index is 11.3. The summed E-state index contributed by atoms with van der Waals surface area (Å²) in [4.78, 5) is 0. The molecule has 0 aromatic heterocycles. The van der Waals surface area contributed by atoms with Crippen molar-refractivity contribution in [1.82, 2.24) is 0 Å². The van der Waals surface area contributed by atoms with Gasteiger partial charge in [-0.25, -0.2) is 0 Å². The second-order valence-electron chi connectivity index (χ2n) is 22.1. The van der Waals surface area contributed by atoms with Crippen molar-refractivity contribution in [3.05, 3.63) is 105 Å². The molecule has 0 fully saturated rings. The quantitative estimate of drug-likeness (QED) is 0.157. The number of phenolic OH excluding ortho intramolecular Hbond substituents is 3. The molecule has 312 valence electrons. The Morgan fingerprint density at radius 2 is 0.456 bits per heavy atom. The molecule has 0 aliphatic heterocycles. The van der Waals surface area contributed by atoms with Crippen molar-refractivity contribution in [1.29, 1.82) is 0 Å². The lowest BCUT2D eigenvalue weighted by Gasteiger charge is -2.28. The van der Waals surface area contributed by atoms with Gasteiger partial charge in [0.15, 0.2) is 0 Å². The third-order valence-electron chi connectivity index (χ3n) is 10.4. The van der Waals surface area contributed by atoms with Gasteiger partial charge in [0.2, 0.25) is 0 Å². The molecule has 6 heteroatoms. The van der Waals surface area contributed by atoms with E-state index in [1.165, 1.54) is 0 Å². The van der Waals surface area contributed by atoms with Gasteiger partial charge in [0.1, 0.15) is 54.3 Å². The molecule has 0 bridgehead atoms. The molecule has 0 saturated carbocycles. The molecule has 0 amide bonds. The number of aromatic hydroxyl groups is 3. The second-order valence-corrected chi connectivity index (χ2v) is 22.1. The largest absolute Gasteiger partial charge is 0.507 e. The van der Waals surface area contributed by atoms with Crippen LogP contribution in [-0.4, -0.2) is 15.3 Å². The second kappa shape index (κ2) is 15.8. The van der Waals surface area contributed by atoms with E-state index in [2.05, 4.69) is 125 Å². The van der Waals surface area contributed by atoms with Crippen molar-refractivity contribution in [2.75, 3.05) is 0 Å². The minimum atomic E-state index is -0.267. The predicted molar refractivity (Wildman–Crippen MR) is 236 cm³/mol. The first kappa shape index (κ1) is 45.4. The Balaban J connectivity index is 1.77. The minimum Gasteiger partial charge on any atom is -0.507 e. The van der Waals surface area contributed by atoms with Gasteiger partial charge in [-0.05, 0) is 119 Å². The predicted octanol–water partition coefficient (Wildman–Crippen LogP) is 13.3. The molecule has 0 aliphatic carbocycles. The van der Waals surface area contributed by atoms with Crippen molar-refractivity contribution >= 4 is 0 Å². The van der Waals surface area contributed by atoms with Crippen LogP contribution < -0.4 is 14.2 Å². The van der Waals surface area contributed by atoms with Crippen LogP contribution in [0.15, 0.2) is 54.6 Å². The lowest BCUT2D eigenvalue weighted by Crippen LogP contribution is -2.18. The summed E-state index contributed by atoms with van der Waals surface area (Å²) in [6, 6.07) is 17.9. The van der Waals surface area contributed by atoms with Gasteiger partial charge in [-0.1, -0.05) is 125 Å². The molecule has 0 saturated heterocycles. The maximum atomic E-state index is 11.3. The summed E-state index contributed by atoms with van der Waals surface area (Å²) in [5.41, 5.74) is 6.55. The Labute approximate surface area is 344 Å². The summed E-state index contributed by atoms with van der Waals surface area (Å²) in [6.45, 7) is 38.8. The zero-order chi connectivity index (χ0) is 43.3. The van der Waals surface area contributed by atoms with Gasteiger partial charge in [0.05, 0.1) is 0 Å². The van der Waals surface area contributed by atoms with Crippen LogP contribution in [0.2, 0.25) is 0 Å². The third-order valence-corrected chi connectivity index (χ3v) is 10.4. The third kappa shape index (κ3) is 11.2. The zero-order valence-corrected chi connectivity index (χ0v) is 38.4. The number of phenols is 3. The van der Waals surface area contributed by atoms with E-state index in [1.807, 2.05) is 54.6 Å². The molecule has 0 radical (unpaired) electrons. The summed E-state index contributed by atoms with van der Waals surface area (Å²) in [5.74, 6) is 2.75. The molecule has 0 aliphatic rings. The summed E-state index contributed by atoms with van der Waals surface area (Å²) < 4.78 is 19.6. The van der Waals surface area contributed by atoms with Crippen molar-refractivity contribution in [2.45, 2.75) is 177 Å². The average molecular weight is 781 g/mol. The standard InChI is InChI=1S/C51H72O6/c1-46(2,3)37-19-31(20-38(43(37)52)47(4,5)6)28-55-34-25-35(56-29-32-21-39(48(7,8)9)44(53)40(22-32)49(10,11)12)27-36(26-34)57-30-33-23-41(50(13,14)15)45(54)42(24-33)51(16,17)18/h19-27,52-54H,28-30H2,1-18H3. The molecule has 6 nitrogen and oxygen atoms in total. The van der Waals surface area contributed by atoms with E-state index in [0.717, 1.165) is 50.1 Å². The molecular formula is C51H72O6. The monoisotopic (exact) mass is 781 g/mol. The Kier molecular flexibility index (Phi) is 12.6. The van der Waals surface area contributed by atoms with Gasteiger partial charge < -0.3 is 29.5 Å². The average Bonchev–Trinajstić information content (AvgIpc) is 3.03. The number of ether oxygens (including phenoxy) is 3. The van der Waals surface area contributed by atoms with E-state index in [1.54, 1.807) is 0 Å². The molecule has 57 heavy (non-hydrogen) atoms. The summed E-state index contributed by atoms with van der Waals surface area (Å²) in [6.07, 6.45) is 0. The molecule has 0 atom stereocenters. The topological polar surface area (TPSA) is 88.4 Å². The van der Waals surface area contributed by atoms with E-state index in [9.17, 15) is 15.3 Å². The van der Waals surface area contributed by atoms with Crippen LogP contribution in [0.25, 0.3) is 0 Å². The minimum absolute atomic E-state index is 0.267. The van der Waals surface area contributed by atoms with Gasteiger partial charge in [-0.2, -0.15) is 0 Å². The smallest absolute Gasteiger partial charge is 0.127 e. The molecule has 0 unspecified atom stereocenters. The highest BCUT2D eigenvalue weighted by Crippen LogP contribution is 2.43. The first-order valence-electron chi connectivity index (χ1n) is 20.4. The highest BCUT2D eigenvalue weighted by atomic mass is 16.5. The van der Waals surface area contributed by atoms with Crippen LogP contribution in [-0.2, 0) is 52.3 Å². The maximum Gasteiger partial charge on any atom is 0.127 e. The summed E-state index contributed by atoms with van der Waals surface area (Å²) in [5, 5.41) is 34.0. The molecule has 4 aromatic rings. The lowest BCUT2D eigenvalue weighted by atomic mass is 9.78. The van der Waals surface area contributed by atoms with Crippen molar-refractivity contribution < 1.29 is 29.5 Å². The molecule has 4 rings (SSSR count). The van der Waals surface area contributed by atoms with Crippen LogP contribution in [0.3, 0.4) is 0 Å². The summed E-state index contributed by atoms with van der Waals surface area (Å²) >= 11 is 0. The van der Waals surface area contributed by atoms with Gasteiger partial charge in [-0.15, -0.1) is 0 Å². The first-order valence-corrected chi connectivity index (χ1v) is 20.4. The fraction of sp³-hybridized carbons (Fsp3) is 0.529. The van der Waals surface area contributed by atoms with Crippen LogP contribution in [0.1, 0.15) is 175 Å². The van der Waals surface area contributed by atoms with Crippen LogP contribution in [0.5, 0.6) is 34.5 Å². The molecular weight excluding hydrogens is 709 g/mol. The highest BCUT2D eigenvalue weighted by molar-refractivity contribution is 5.52. The number of hydrogen-bond acceptors (Lipinski definition) is 6. The molecule has 4 aromatic carbocycles. The Hall–Kier alpha value is -4.32. The fourth-order valence-electron chi connectivity index (χ4n) is 7.06. The number of rotatable bonds is 9. The van der Waals surface area contributed by atoms with Gasteiger partial charge in [0.25, 0.3) is 0 Å². The van der Waals surface area contributed by atoms with Gasteiger partial charge >= 0.3 is 0 Å². The molecule has 3 N–H and O–H groups in total. The van der Waals surface area contributed by atoms with Crippen LogP contribution in [0.4, 0.5) is 0 Å². The Morgan fingerprint density at radius 3 is 0.596 bits per heavy atom. The highest BCUT2D eigenvalue weighted by Gasteiger charge is 2.29.